The van der Waals surface area contributed by atoms with Crippen molar-refractivity contribution in [2.45, 2.75) is 6.42 Å². The predicted octanol–water partition coefficient (Wildman–Crippen LogP) is 2.49. The van der Waals surface area contributed by atoms with Gasteiger partial charge in [0.2, 0.25) is 0 Å². The molecule has 0 unspecified atom stereocenters. The quantitative estimate of drug-likeness (QED) is 0.787. The van der Waals surface area contributed by atoms with Crippen molar-refractivity contribution in [2.24, 2.45) is 0 Å². The van der Waals surface area contributed by atoms with Gasteiger partial charge in [-0.25, -0.2) is 9.59 Å². The molecule has 1 aromatic carbocycles. The van der Waals surface area contributed by atoms with Crippen LogP contribution in [0.3, 0.4) is 0 Å². The van der Waals surface area contributed by atoms with Crippen molar-refractivity contribution >= 4 is 23.7 Å². The van der Waals surface area contributed by atoms with Gasteiger partial charge in [-0.1, -0.05) is 30.3 Å². The molecule has 6 heteroatoms. The highest BCUT2D eigenvalue weighted by molar-refractivity contribution is 6.31. The summed E-state index contributed by atoms with van der Waals surface area (Å²) >= 11 is 5.95. The lowest BCUT2D eigenvalue weighted by molar-refractivity contribution is 0.0697. The predicted molar refractivity (Wildman–Crippen MR) is 71.7 cm³/mol. The second-order valence-corrected chi connectivity index (χ2v) is 4.08. The van der Waals surface area contributed by atoms with E-state index < -0.39 is 12.1 Å². The maximum absolute atomic E-state index is 11.1. The second-order valence-electron chi connectivity index (χ2n) is 3.68. The standard InChI is InChI=1S/C13H14ClNO4/c1-2-7-19-13(18)15-6-5-9-3-4-10(12(16)17)8-11(9)14/h2-4,8H,1,5-7H2,(H,15,18)(H,16,17). The van der Waals surface area contributed by atoms with Gasteiger partial charge < -0.3 is 15.2 Å². The molecule has 0 saturated heterocycles. The highest BCUT2D eigenvalue weighted by atomic mass is 35.5. The van der Waals surface area contributed by atoms with Gasteiger partial charge in [0, 0.05) is 11.6 Å². The zero-order valence-corrected chi connectivity index (χ0v) is 10.9. The fourth-order valence-electron chi connectivity index (χ4n) is 1.37. The van der Waals surface area contributed by atoms with E-state index in [4.69, 9.17) is 21.4 Å². The van der Waals surface area contributed by atoms with Crippen molar-refractivity contribution in [1.82, 2.24) is 5.32 Å². The summed E-state index contributed by atoms with van der Waals surface area (Å²) in [5.74, 6) is -1.03. The number of nitrogens with one attached hydrogen (secondary N) is 1. The second kappa shape index (κ2) is 7.43. The molecule has 102 valence electrons. The molecule has 0 saturated carbocycles. The molecular formula is C13H14ClNO4. The summed E-state index contributed by atoms with van der Waals surface area (Å²) in [6.45, 7) is 3.93. The number of benzene rings is 1. The Balaban J connectivity index is 2.47. The molecule has 0 aliphatic heterocycles. The van der Waals surface area contributed by atoms with E-state index in [0.717, 1.165) is 5.56 Å². The van der Waals surface area contributed by atoms with Crippen LogP contribution in [-0.4, -0.2) is 30.3 Å². The van der Waals surface area contributed by atoms with Gasteiger partial charge in [-0.15, -0.1) is 0 Å². The summed E-state index contributed by atoms with van der Waals surface area (Å²) in [5, 5.41) is 11.7. The Bertz CT molecular complexity index is 488. The molecule has 0 atom stereocenters. The van der Waals surface area contributed by atoms with Crippen LogP contribution in [0.25, 0.3) is 0 Å². The number of carbonyl (C=O) groups excluding carboxylic acids is 1. The highest BCUT2D eigenvalue weighted by Crippen LogP contribution is 2.18. The van der Waals surface area contributed by atoms with Gasteiger partial charge in [0.15, 0.2) is 0 Å². The topological polar surface area (TPSA) is 75.6 Å². The first-order valence-electron chi connectivity index (χ1n) is 5.58. The Hall–Kier alpha value is -2.01. The number of aromatic carboxylic acids is 1. The van der Waals surface area contributed by atoms with E-state index in [1.807, 2.05) is 0 Å². The number of amides is 1. The molecular weight excluding hydrogens is 270 g/mol. The van der Waals surface area contributed by atoms with Crippen molar-refractivity contribution in [3.8, 4) is 0 Å². The zero-order valence-electron chi connectivity index (χ0n) is 10.2. The molecule has 0 aromatic heterocycles. The normalized spacial score (nSPS) is 9.74. The lowest BCUT2D eigenvalue weighted by Crippen LogP contribution is -2.26. The van der Waals surface area contributed by atoms with Crippen LogP contribution >= 0.6 is 11.6 Å². The van der Waals surface area contributed by atoms with Crippen LogP contribution in [0.5, 0.6) is 0 Å². The minimum absolute atomic E-state index is 0.132. The highest BCUT2D eigenvalue weighted by Gasteiger charge is 2.07. The van der Waals surface area contributed by atoms with E-state index in [2.05, 4.69) is 11.9 Å². The molecule has 0 fully saturated rings. The van der Waals surface area contributed by atoms with Crippen molar-refractivity contribution in [3.63, 3.8) is 0 Å². The lowest BCUT2D eigenvalue weighted by atomic mass is 10.1. The van der Waals surface area contributed by atoms with E-state index in [0.29, 0.717) is 18.0 Å². The Morgan fingerprint density at radius 3 is 2.79 bits per heavy atom. The number of carbonyl (C=O) groups is 2. The van der Waals surface area contributed by atoms with Gasteiger partial charge in [-0.3, -0.25) is 0 Å². The van der Waals surface area contributed by atoms with Gasteiger partial charge in [0.25, 0.3) is 0 Å². The van der Waals surface area contributed by atoms with Crippen LogP contribution in [0.15, 0.2) is 30.9 Å². The van der Waals surface area contributed by atoms with E-state index in [1.54, 1.807) is 6.07 Å². The largest absolute Gasteiger partial charge is 0.478 e. The number of carboxylic acids is 1. The molecule has 0 aliphatic rings. The summed E-state index contributed by atoms with van der Waals surface area (Å²) < 4.78 is 4.73. The third-order valence-corrected chi connectivity index (χ3v) is 2.65. The minimum atomic E-state index is -1.03. The number of rotatable bonds is 6. The van der Waals surface area contributed by atoms with Gasteiger partial charge in [0.05, 0.1) is 5.56 Å². The maximum atomic E-state index is 11.1. The van der Waals surface area contributed by atoms with Crippen LogP contribution in [0, 0.1) is 0 Å². The molecule has 2 N–H and O–H groups in total. The van der Waals surface area contributed by atoms with Crippen LogP contribution in [0.2, 0.25) is 5.02 Å². The smallest absolute Gasteiger partial charge is 0.407 e. The molecule has 1 rings (SSSR count). The molecule has 19 heavy (non-hydrogen) atoms. The Morgan fingerprint density at radius 1 is 1.47 bits per heavy atom. The first kappa shape index (κ1) is 15.0. The van der Waals surface area contributed by atoms with Gasteiger partial charge in [0.1, 0.15) is 6.61 Å². The number of ether oxygens (including phenoxy) is 1. The fraction of sp³-hybridized carbons (Fsp3) is 0.231. The molecule has 0 radical (unpaired) electrons. The zero-order chi connectivity index (χ0) is 14.3. The van der Waals surface area contributed by atoms with Crippen LogP contribution in [-0.2, 0) is 11.2 Å². The summed E-state index contributed by atoms with van der Waals surface area (Å²) in [5.41, 5.74) is 0.891. The van der Waals surface area contributed by atoms with E-state index >= 15 is 0 Å². The third-order valence-electron chi connectivity index (χ3n) is 2.30. The lowest BCUT2D eigenvalue weighted by Gasteiger charge is -2.07. The number of hydrogen-bond donors (Lipinski definition) is 2. The fourth-order valence-corrected chi connectivity index (χ4v) is 1.64. The molecule has 0 bridgehead atoms. The summed E-state index contributed by atoms with van der Waals surface area (Å²) in [4.78, 5) is 21.9. The van der Waals surface area contributed by atoms with Crippen LogP contribution in [0.1, 0.15) is 15.9 Å². The van der Waals surface area contributed by atoms with E-state index in [9.17, 15) is 9.59 Å². The number of alkyl carbamates (subject to hydrolysis) is 1. The van der Waals surface area contributed by atoms with Gasteiger partial charge in [-0.2, -0.15) is 0 Å². The minimum Gasteiger partial charge on any atom is -0.478 e. The monoisotopic (exact) mass is 283 g/mol. The summed E-state index contributed by atoms with van der Waals surface area (Å²) in [6, 6.07) is 4.48. The third kappa shape index (κ3) is 5.01. The molecule has 0 spiro atoms. The van der Waals surface area contributed by atoms with Crippen LogP contribution < -0.4 is 5.32 Å². The Labute approximate surface area is 115 Å². The number of carboxylic acid groups (broad SMARTS) is 1. The first-order valence-corrected chi connectivity index (χ1v) is 5.95. The SMILES string of the molecule is C=CCOC(=O)NCCc1ccc(C(=O)O)cc1Cl. The van der Waals surface area contributed by atoms with Crippen molar-refractivity contribution < 1.29 is 19.4 Å². The van der Waals surface area contributed by atoms with Crippen molar-refractivity contribution in [2.75, 3.05) is 13.2 Å². The maximum Gasteiger partial charge on any atom is 0.407 e. The summed E-state index contributed by atoms with van der Waals surface area (Å²) in [7, 11) is 0. The summed E-state index contributed by atoms with van der Waals surface area (Å²) in [6.07, 6.45) is 1.43. The molecule has 0 heterocycles. The first-order chi connectivity index (χ1) is 9.04. The van der Waals surface area contributed by atoms with Crippen molar-refractivity contribution in [3.05, 3.63) is 47.0 Å². The Morgan fingerprint density at radius 2 is 2.21 bits per heavy atom. The van der Waals surface area contributed by atoms with E-state index in [-0.39, 0.29) is 12.2 Å². The van der Waals surface area contributed by atoms with Gasteiger partial charge in [-0.05, 0) is 24.1 Å². The number of hydrogen-bond acceptors (Lipinski definition) is 3. The Kier molecular flexibility index (Phi) is 5.89. The van der Waals surface area contributed by atoms with Crippen molar-refractivity contribution in [1.29, 1.82) is 0 Å². The van der Waals surface area contributed by atoms with Crippen LogP contribution in [0.4, 0.5) is 4.79 Å². The average Bonchev–Trinajstić information content (AvgIpc) is 2.38. The van der Waals surface area contributed by atoms with E-state index in [1.165, 1.54) is 18.2 Å². The molecule has 0 aliphatic carbocycles. The molecule has 1 aromatic rings. The molecule has 1 amide bonds. The van der Waals surface area contributed by atoms with Gasteiger partial charge >= 0.3 is 12.1 Å². The number of halogens is 1. The average molecular weight is 284 g/mol. The molecule has 5 nitrogen and oxygen atoms in total.